The number of rotatable bonds is 3. The van der Waals surface area contributed by atoms with Crippen LogP contribution >= 0.6 is 24.0 Å². The molecule has 0 saturated carbocycles. The summed E-state index contributed by atoms with van der Waals surface area (Å²) in [6.45, 7) is 1.68. The van der Waals surface area contributed by atoms with Crippen LogP contribution in [0, 0.1) is 0 Å². The molecule has 13 heavy (non-hydrogen) atoms. The molecule has 1 N–H and O–H groups in total. The summed E-state index contributed by atoms with van der Waals surface area (Å²) in [5, 5.41) is 0. The van der Waals surface area contributed by atoms with E-state index in [0.717, 1.165) is 11.8 Å². The lowest BCUT2D eigenvalue weighted by atomic mass is 10.6. The maximum Gasteiger partial charge on any atom is 0.277 e. The predicted molar refractivity (Wildman–Crippen MR) is 59.5 cm³/mol. The molecular weight excluding hydrogens is 230 g/mol. The molecule has 4 nitrogen and oxygen atoms in total. The largest absolute Gasteiger partial charge is 0.364 e. The number of thioether (sulfide) groups is 1. The van der Waals surface area contributed by atoms with Crippen molar-refractivity contribution in [1.82, 2.24) is 4.90 Å². The molecule has 0 aliphatic carbocycles. The minimum absolute atomic E-state index is 0.331. The Bertz CT molecular complexity index is 273. The first kappa shape index (κ1) is 13.2. The van der Waals surface area contributed by atoms with Crippen molar-refractivity contribution >= 4 is 38.4 Å². The first-order chi connectivity index (χ1) is 5.79. The highest BCUT2D eigenvalue weighted by atomic mass is 32.3. The van der Waals surface area contributed by atoms with Gasteiger partial charge >= 0.3 is 0 Å². The predicted octanol–water partition coefficient (Wildman–Crippen LogP) is 1.19. The Balaban J connectivity index is 4.41. The molecule has 0 aliphatic rings. The fourth-order valence-electron chi connectivity index (χ4n) is 0.573. The molecule has 0 amide bonds. The fraction of sp³-hybridized carbons (Fsp3) is 0.833. The van der Waals surface area contributed by atoms with Crippen molar-refractivity contribution < 1.29 is 13.0 Å². The third-order valence-corrected chi connectivity index (χ3v) is 5.10. The van der Waals surface area contributed by atoms with Gasteiger partial charge in [0.2, 0.25) is 0 Å². The first-order valence-electron chi connectivity index (χ1n) is 3.63. The minimum atomic E-state index is -3.99. The van der Waals surface area contributed by atoms with Gasteiger partial charge in [-0.3, -0.25) is 4.55 Å². The van der Waals surface area contributed by atoms with Crippen molar-refractivity contribution in [3.63, 3.8) is 0 Å². The number of hydrogen-bond donors (Lipinski definition) is 1. The molecular formula is C6H13NO3S3. The Labute approximate surface area is 88.4 Å². The molecule has 0 fully saturated rings. The van der Waals surface area contributed by atoms with Gasteiger partial charge in [0, 0.05) is 14.1 Å². The molecule has 0 aromatic carbocycles. The number of nitrogens with zero attached hydrogens (tertiary/aromatic N) is 1. The smallest absolute Gasteiger partial charge is 0.277 e. The molecule has 7 heteroatoms. The molecule has 0 rings (SSSR count). The zero-order valence-electron chi connectivity index (χ0n) is 7.72. The number of thiocarbonyl (C=S) groups is 1. The molecule has 0 radical (unpaired) electrons. The van der Waals surface area contributed by atoms with Crippen molar-refractivity contribution in [3.8, 4) is 0 Å². The topological polar surface area (TPSA) is 57.6 Å². The van der Waals surface area contributed by atoms with Gasteiger partial charge in [0.15, 0.2) is 0 Å². The Kier molecular flexibility index (Phi) is 5.19. The van der Waals surface area contributed by atoms with Crippen molar-refractivity contribution in [2.75, 3.05) is 14.1 Å². The molecule has 0 spiro atoms. The van der Waals surface area contributed by atoms with Crippen LogP contribution in [0.25, 0.3) is 0 Å². The average molecular weight is 243 g/mol. The molecule has 0 saturated heterocycles. The Morgan fingerprint density at radius 1 is 1.62 bits per heavy atom. The van der Waals surface area contributed by atoms with E-state index >= 15 is 0 Å². The summed E-state index contributed by atoms with van der Waals surface area (Å²) in [4.78, 5) is 1.63. The second kappa shape index (κ2) is 5.14. The van der Waals surface area contributed by atoms with E-state index in [9.17, 15) is 8.42 Å². The third kappa shape index (κ3) is 4.80. The lowest BCUT2D eigenvalue weighted by molar-refractivity contribution is 0.479. The zero-order valence-corrected chi connectivity index (χ0v) is 10.2. The standard InChI is InChI=1S/C6H13NO3S3/c1-4-5(13(8,9)10)12-6(11)7(2)3/h5H,4H2,1-3H3,(H,8,9,10). The minimum Gasteiger partial charge on any atom is -0.364 e. The highest BCUT2D eigenvalue weighted by Gasteiger charge is 2.23. The van der Waals surface area contributed by atoms with Crippen molar-refractivity contribution in [1.29, 1.82) is 0 Å². The van der Waals surface area contributed by atoms with Gasteiger partial charge in [0.05, 0.1) is 0 Å². The van der Waals surface area contributed by atoms with Gasteiger partial charge in [-0.15, -0.1) is 0 Å². The van der Waals surface area contributed by atoms with E-state index in [0.29, 0.717) is 10.7 Å². The van der Waals surface area contributed by atoms with Crippen LogP contribution in [0.15, 0.2) is 0 Å². The van der Waals surface area contributed by atoms with E-state index < -0.39 is 14.7 Å². The maximum atomic E-state index is 10.8. The third-order valence-electron chi connectivity index (χ3n) is 1.26. The molecule has 0 aromatic rings. The Hall–Kier alpha value is 0.150. The summed E-state index contributed by atoms with van der Waals surface area (Å²) < 4.78 is 29.9. The molecule has 0 bridgehead atoms. The summed E-state index contributed by atoms with van der Waals surface area (Å²) in [7, 11) is -0.538. The highest BCUT2D eigenvalue weighted by molar-refractivity contribution is 8.28. The molecule has 0 aliphatic heterocycles. The van der Waals surface area contributed by atoms with Gasteiger partial charge in [0.1, 0.15) is 8.90 Å². The lowest BCUT2D eigenvalue weighted by Crippen LogP contribution is -2.23. The van der Waals surface area contributed by atoms with E-state index in [1.807, 2.05) is 0 Å². The Morgan fingerprint density at radius 3 is 2.31 bits per heavy atom. The van der Waals surface area contributed by atoms with Crippen LogP contribution in [0.2, 0.25) is 0 Å². The highest BCUT2D eigenvalue weighted by Crippen LogP contribution is 2.22. The second-order valence-electron chi connectivity index (χ2n) is 2.63. The van der Waals surface area contributed by atoms with Gasteiger partial charge in [0.25, 0.3) is 10.1 Å². The van der Waals surface area contributed by atoms with Crippen LogP contribution in [0.5, 0.6) is 0 Å². The normalized spacial score (nSPS) is 13.8. The maximum absolute atomic E-state index is 10.8. The average Bonchev–Trinajstić information content (AvgIpc) is 1.96. The van der Waals surface area contributed by atoms with Gasteiger partial charge in [-0.05, 0) is 6.42 Å². The molecule has 0 aromatic heterocycles. The van der Waals surface area contributed by atoms with E-state index in [1.165, 1.54) is 0 Å². The first-order valence-corrected chi connectivity index (χ1v) is 6.42. The lowest BCUT2D eigenvalue weighted by Gasteiger charge is -2.16. The van der Waals surface area contributed by atoms with Gasteiger partial charge < -0.3 is 4.90 Å². The van der Waals surface area contributed by atoms with Crippen LogP contribution in [0.4, 0.5) is 0 Å². The zero-order chi connectivity index (χ0) is 10.6. The second-order valence-corrected chi connectivity index (χ2v) is 6.36. The van der Waals surface area contributed by atoms with E-state index in [4.69, 9.17) is 16.8 Å². The van der Waals surface area contributed by atoms with Crippen LogP contribution in [0.3, 0.4) is 0 Å². The summed E-state index contributed by atoms with van der Waals surface area (Å²) >= 11 is 5.88. The summed E-state index contributed by atoms with van der Waals surface area (Å²) in [6, 6.07) is 0. The van der Waals surface area contributed by atoms with Crippen molar-refractivity contribution in [3.05, 3.63) is 0 Å². The Morgan fingerprint density at radius 2 is 2.08 bits per heavy atom. The SMILES string of the molecule is CCC(SC(=S)N(C)C)S(=O)(=O)O. The van der Waals surface area contributed by atoms with Gasteiger partial charge in [-0.25, -0.2) is 0 Å². The van der Waals surface area contributed by atoms with Crippen LogP contribution < -0.4 is 0 Å². The number of hydrogen-bond acceptors (Lipinski definition) is 4. The van der Waals surface area contributed by atoms with Crippen LogP contribution in [-0.4, -0.2) is 40.9 Å². The van der Waals surface area contributed by atoms with E-state index in [1.54, 1.807) is 25.9 Å². The molecule has 78 valence electrons. The molecule has 1 atom stereocenters. The van der Waals surface area contributed by atoms with E-state index in [-0.39, 0.29) is 0 Å². The monoisotopic (exact) mass is 243 g/mol. The van der Waals surface area contributed by atoms with Crippen molar-refractivity contribution in [2.45, 2.75) is 17.9 Å². The van der Waals surface area contributed by atoms with Crippen LogP contribution in [-0.2, 0) is 10.1 Å². The molecule has 1 unspecified atom stereocenters. The van der Waals surface area contributed by atoms with Crippen LogP contribution in [0.1, 0.15) is 13.3 Å². The summed E-state index contributed by atoms with van der Waals surface area (Å²) in [6.07, 6.45) is 0.331. The van der Waals surface area contributed by atoms with E-state index in [2.05, 4.69) is 0 Å². The summed E-state index contributed by atoms with van der Waals surface area (Å²) in [5.41, 5.74) is 0. The van der Waals surface area contributed by atoms with Crippen molar-refractivity contribution in [2.24, 2.45) is 0 Å². The quantitative estimate of drug-likeness (QED) is 0.593. The van der Waals surface area contributed by atoms with Gasteiger partial charge in [-0.2, -0.15) is 8.42 Å². The molecule has 0 heterocycles. The summed E-state index contributed by atoms with van der Waals surface area (Å²) in [5.74, 6) is 0. The fourth-order valence-corrected chi connectivity index (χ4v) is 2.89. The van der Waals surface area contributed by atoms with Gasteiger partial charge in [-0.1, -0.05) is 30.9 Å².